The van der Waals surface area contributed by atoms with Crippen LogP contribution in [0.4, 0.5) is 0 Å². The molecule has 20 heavy (non-hydrogen) atoms. The Balaban J connectivity index is 2.44. The van der Waals surface area contributed by atoms with E-state index in [0.717, 1.165) is 4.47 Å². The quantitative estimate of drug-likeness (QED) is 0.901. The smallest absolute Gasteiger partial charge is 0.211 e. The van der Waals surface area contributed by atoms with E-state index in [2.05, 4.69) is 15.9 Å². The van der Waals surface area contributed by atoms with Gasteiger partial charge in [-0.05, 0) is 30.3 Å². The molecular formula is C15H15BrO4. The van der Waals surface area contributed by atoms with E-state index in [1.165, 1.54) is 0 Å². The number of rotatable bonds is 5. The van der Waals surface area contributed by atoms with Crippen molar-refractivity contribution in [2.45, 2.75) is 6.61 Å². The van der Waals surface area contributed by atoms with Gasteiger partial charge in [0.25, 0.3) is 0 Å². The third kappa shape index (κ3) is 3.05. The Hall–Kier alpha value is -1.72. The molecule has 2 aromatic carbocycles. The normalized spacial score (nSPS) is 10.2. The molecule has 0 amide bonds. The molecule has 0 heterocycles. The summed E-state index contributed by atoms with van der Waals surface area (Å²) < 4.78 is 17.3. The molecule has 2 rings (SSSR count). The molecule has 0 aliphatic rings. The van der Waals surface area contributed by atoms with Crippen LogP contribution in [0.1, 0.15) is 5.56 Å². The number of aliphatic hydroxyl groups is 1. The van der Waals surface area contributed by atoms with Gasteiger partial charge in [-0.15, -0.1) is 0 Å². The maximum absolute atomic E-state index is 9.41. The van der Waals surface area contributed by atoms with Crippen LogP contribution in [0, 0.1) is 0 Å². The second-order valence-electron chi connectivity index (χ2n) is 4.00. The number of benzene rings is 2. The molecule has 0 aromatic heterocycles. The zero-order chi connectivity index (χ0) is 14.5. The molecule has 5 heteroatoms. The van der Waals surface area contributed by atoms with Crippen LogP contribution in [-0.2, 0) is 6.61 Å². The lowest BCUT2D eigenvalue weighted by molar-refractivity contribution is 0.274. The lowest BCUT2D eigenvalue weighted by atomic mass is 10.2. The number of methoxy groups -OCH3 is 2. The van der Waals surface area contributed by atoms with Crippen LogP contribution in [0.25, 0.3) is 0 Å². The predicted octanol–water partition coefficient (Wildman–Crippen LogP) is 3.75. The summed E-state index contributed by atoms with van der Waals surface area (Å²) in [5.74, 6) is 2.17. The van der Waals surface area contributed by atoms with Crippen molar-refractivity contribution in [3.63, 3.8) is 0 Å². The summed E-state index contributed by atoms with van der Waals surface area (Å²) in [7, 11) is 3.13. The fourth-order valence-electron chi connectivity index (χ4n) is 1.80. The minimum Gasteiger partial charge on any atom is -0.493 e. The molecular weight excluding hydrogens is 324 g/mol. The first-order chi connectivity index (χ1) is 9.69. The van der Waals surface area contributed by atoms with Crippen LogP contribution < -0.4 is 14.2 Å². The summed E-state index contributed by atoms with van der Waals surface area (Å²) in [6.07, 6.45) is 0. The molecule has 0 radical (unpaired) electrons. The van der Waals surface area contributed by atoms with E-state index in [1.54, 1.807) is 38.5 Å². The van der Waals surface area contributed by atoms with Crippen molar-refractivity contribution in [3.05, 3.63) is 46.4 Å². The molecule has 0 atom stereocenters. The summed E-state index contributed by atoms with van der Waals surface area (Å²) in [6.45, 7) is -0.119. The van der Waals surface area contributed by atoms with Gasteiger partial charge in [-0.2, -0.15) is 0 Å². The number of hydrogen-bond acceptors (Lipinski definition) is 4. The topological polar surface area (TPSA) is 47.9 Å². The summed E-state index contributed by atoms with van der Waals surface area (Å²) in [6, 6.07) is 10.8. The summed E-state index contributed by atoms with van der Waals surface area (Å²) >= 11 is 3.36. The molecule has 4 nitrogen and oxygen atoms in total. The Morgan fingerprint density at radius 2 is 1.65 bits per heavy atom. The van der Waals surface area contributed by atoms with E-state index >= 15 is 0 Å². The minimum absolute atomic E-state index is 0.119. The first-order valence-electron chi connectivity index (χ1n) is 5.97. The van der Waals surface area contributed by atoms with Crippen LogP contribution in [0.3, 0.4) is 0 Å². The Kier molecular flexibility index (Phi) is 4.87. The standard InChI is InChI=1S/C15H15BrO4/c1-18-13-4-3-5-14(19-2)15(13)20-12-7-6-11(16)8-10(12)9-17/h3-8,17H,9H2,1-2H3. The number of halogens is 1. The summed E-state index contributed by atoms with van der Waals surface area (Å²) in [4.78, 5) is 0. The Bertz CT molecular complexity index is 576. The van der Waals surface area contributed by atoms with Gasteiger partial charge < -0.3 is 19.3 Å². The predicted molar refractivity (Wildman–Crippen MR) is 79.7 cm³/mol. The first kappa shape index (κ1) is 14.7. The van der Waals surface area contributed by atoms with Gasteiger partial charge in [-0.3, -0.25) is 0 Å². The minimum atomic E-state index is -0.119. The van der Waals surface area contributed by atoms with E-state index in [0.29, 0.717) is 28.6 Å². The van der Waals surface area contributed by atoms with Crippen LogP contribution in [0.15, 0.2) is 40.9 Å². The van der Waals surface area contributed by atoms with Crippen molar-refractivity contribution in [1.29, 1.82) is 0 Å². The molecule has 0 fully saturated rings. The van der Waals surface area contributed by atoms with Crippen LogP contribution >= 0.6 is 15.9 Å². The molecule has 0 saturated heterocycles. The molecule has 0 saturated carbocycles. The number of aliphatic hydroxyl groups excluding tert-OH is 1. The van der Waals surface area contributed by atoms with E-state index in [9.17, 15) is 5.11 Å². The van der Waals surface area contributed by atoms with Gasteiger partial charge in [-0.25, -0.2) is 0 Å². The highest BCUT2D eigenvalue weighted by Gasteiger charge is 2.14. The Morgan fingerprint density at radius 3 is 2.20 bits per heavy atom. The monoisotopic (exact) mass is 338 g/mol. The van der Waals surface area contributed by atoms with Gasteiger partial charge in [0.2, 0.25) is 5.75 Å². The first-order valence-corrected chi connectivity index (χ1v) is 6.77. The van der Waals surface area contributed by atoms with E-state index in [-0.39, 0.29) is 6.61 Å². The van der Waals surface area contributed by atoms with Crippen molar-refractivity contribution in [3.8, 4) is 23.0 Å². The Labute approximate surface area is 126 Å². The van der Waals surface area contributed by atoms with Gasteiger partial charge in [0, 0.05) is 10.0 Å². The summed E-state index contributed by atoms with van der Waals surface area (Å²) in [5.41, 5.74) is 0.673. The molecule has 1 N–H and O–H groups in total. The van der Waals surface area contributed by atoms with Gasteiger partial charge in [0.1, 0.15) is 5.75 Å². The second kappa shape index (κ2) is 6.63. The van der Waals surface area contributed by atoms with Gasteiger partial charge in [0.05, 0.1) is 20.8 Å². The molecule has 106 valence electrons. The third-order valence-corrected chi connectivity index (χ3v) is 3.28. The van der Waals surface area contributed by atoms with E-state index in [1.807, 2.05) is 12.1 Å². The SMILES string of the molecule is COc1cccc(OC)c1Oc1ccc(Br)cc1CO. The summed E-state index contributed by atoms with van der Waals surface area (Å²) in [5, 5.41) is 9.41. The van der Waals surface area contributed by atoms with Crippen LogP contribution in [-0.4, -0.2) is 19.3 Å². The molecule has 0 bridgehead atoms. The highest BCUT2D eigenvalue weighted by molar-refractivity contribution is 9.10. The van der Waals surface area contributed by atoms with E-state index in [4.69, 9.17) is 14.2 Å². The lowest BCUT2D eigenvalue weighted by Crippen LogP contribution is -1.97. The fraction of sp³-hybridized carbons (Fsp3) is 0.200. The van der Waals surface area contributed by atoms with Crippen molar-refractivity contribution < 1.29 is 19.3 Å². The van der Waals surface area contributed by atoms with Gasteiger partial charge >= 0.3 is 0 Å². The molecule has 2 aromatic rings. The molecule has 0 spiro atoms. The number of hydrogen-bond donors (Lipinski definition) is 1. The average molecular weight is 339 g/mol. The molecule has 0 aliphatic heterocycles. The van der Waals surface area contributed by atoms with Crippen molar-refractivity contribution in [2.75, 3.05) is 14.2 Å². The zero-order valence-corrected chi connectivity index (χ0v) is 12.8. The molecule has 0 aliphatic carbocycles. The third-order valence-electron chi connectivity index (χ3n) is 2.79. The average Bonchev–Trinajstić information content (AvgIpc) is 2.49. The maximum atomic E-state index is 9.41. The van der Waals surface area contributed by atoms with Crippen LogP contribution in [0.2, 0.25) is 0 Å². The fourth-order valence-corrected chi connectivity index (χ4v) is 2.21. The van der Waals surface area contributed by atoms with Crippen LogP contribution in [0.5, 0.6) is 23.0 Å². The Morgan fingerprint density at radius 1 is 1.00 bits per heavy atom. The van der Waals surface area contributed by atoms with Crippen molar-refractivity contribution in [2.24, 2.45) is 0 Å². The van der Waals surface area contributed by atoms with Gasteiger partial charge in [-0.1, -0.05) is 22.0 Å². The van der Waals surface area contributed by atoms with Crippen molar-refractivity contribution in [1.82, 2.24) is 0 Å². The number of ether oxygens (including phenoxy) is 3. The zero-order valence-electron chi connectivity index (χ0n) is 11.2. The second-order valence-corrected chi connectivity index (χ2v) is 4.92. The maximum Gasteiger partial charge on any atom is 0.211 e. The largest absolute Gasteiger partial charge is 0.493 e. The molecule has 0 unspecified atom stereocenters. The van der Waals surface area contributed by atoms with Gasteiger partial charge in [0.15, 0.2) is 11.5 Å². The highest BCUT2D eigenvalue weighted by atomic mass is 79.9. The highest BCUT2D eigenvalue weighted by Crippen LogP contribution is 2.41. The van der Waals surface area contributed by atoms with E-state index < -0.39 is 0 Å². The lowest BCUT2D eigenvalue weighted by Gasteiger charge is -2.15. The number of para-hydroxylation sites is 1. The van der Waals surface area contributed by atoms with Crippen molar-refractivity contribution >= 4 is 15.9 Å².